The van der Waals surface area contributed by atoms with Crippen LogP contribution in [0.1, 0.15) is 24.6 Å². The van der Waals surface area contributed by atoms with Crippen LogP contribution in [0.4, 0.5) is 5.69 Å². The molecule has 0 atom stereocenters. The first-order valence-electron chi connectivity index (χ1n) is 6.79. The highest BCUT2D eigenvalue weighted by Crippen LogP contribution is 2.19. The number of hydrogen-bond acceptors (Lipinski definition) is 3. The predicted molar refractivity (Wildman–Crippen MR) is 89.5 cm³/mol. The summed E-state index contributed by atoms with van der Waals surface area (Å²) in [6.07, 6.45) is 3.00. The normalized spacial score (nSPS) is 10.5. The number of pyridine rings is 1. The first-order valence-corrected chi connectivity index (χ1v) is 8.32. The maximum atomic E-state index is 5.88. The van der Waals surface area contributed by atoms with Gasteiger partial charge in [0.2, 0.25) is 0 Å². The molecule has 0 aliphatic heterocycles. The molecular weight excluding hydrogens is 288 g/mol. The fourth-order valence-electron chi connectivity index (χ4n) is 1.79. The second-order valence-electron chi connectivity index (χ2n) is 4.58. The van der Waals surface area contributed by atoms with Gasteiger partial charge < -0.3 is 5.32 Å². The molecule has 0 aliphatic rings. The summed E-state index contributed by atoms with van der Waals surface area (Å²) >= 11 is 7.74. The first kappa shape index (κ1) is 15.2. The quantitative estimate of drug-likeness (QED) is 0.780. The van der Waals surface area contributed by atoms with Gasteiger partial charge in [0.25, 0.3) is 0 Å². The summed E-state index contributed by atoms with van der Waals surface area (Å²) in [7, 11) is 0. The van der Waals surface area contributed by atoms with E-state index in [9.17, 15) is 0 Å². The summed E-state index contributed by atoms with van der Waals surface area (Å²) in [5.74, 6) is 1.90. The summed E-state index contributed by atoms with van der Waals surface area (Å²) in [5.41, 5.74) is 3.56. The number of anilines is 1. The monoisotopic (exact) mass is 306 g/mol. The highest BCUT2D eigenvalue weighted by atomic mass is 35.5. The van der Waals surface area contributed by atoms with Gasteiger partial charge in [-0.1, -0.05) is 30.7 Å². The Hall–Kier alpha value is -1.19. The van der Waals surface area contributed by atoms with Crippen LogP contribution in [0, 0.1) is 0 Å². The summed E-state index contributed by atoms with van der Waals surface area (Å²) < 4.78 is 0. The van der Waals surface area contributed by atoms with E-state index in [2.05, 4.69) is 35.4 Å². The molecule has 0 amide bonds. The van der Waals surface area contributed by atoms with Crippen molar-refractivity contribution in [1.29, 1.82) is 0 Å². The lowest BCUT2D eigenvalue weighted by Gasteiger charge is -2.07. The van der Waals surface area contributed by atoms with E-state index >= 15 is 0 Å². The Kier molecular flexibility index (Phi) is 6.22. The van der Waals surface area contributed by atoms with Crippen molar-refractivity contribution in [3.63, 3.8) is 0 Å². The van der Waals surface area contributed by atoms with Crippen LogP contribution < -0.4 is 5.32 Å². The van der Waals surface area contributed by atoms with Gasteiger partial charge in [-0.05, 0) is 36.2 Å². The molecule has 20 heavy (non-hydrogen) atoms. The van der Waals surface area contributed by atoms with Crippen LogP contribution >= 0.6 is 23.4 Å². The average molecular weight is 307 g/mol. The minimum absolute atomic E-state index is 0.787. The molecule has 1 aromatic heterocycles. The van der Waals surface area contributed by atoms with E-state index < -0.39 is 0 Å². The summed E-state index contributed by atoms with van der Waals surface area (Å²) in [6, 6.07) is 12.2. The van der Waals surface area contributed by atoms with Gasteiger partial charge in [-0.3, -0.25) is 4.98 Å². The third-order valence-corrected chi connectivity index (χ3v) is 4.12. The van der Waals surface area contributed by atoms with E-state index in [-0.39, 0.29) is 0 Å². The van der Waals surface area contributed by atoms with Crippen LogP contribution in [0.15, 0.2) is 42.6 Å². The minimum atomic E-state index is 0.787. The van der Waals surface area contributed by atoms with E-state index in [0.29, 0.717) is 0 Å². The number of aromatic nitrogens is 1. The predicted octanol–water partition coefficient (Wildman–Crippen LogP) is 4.99. The lowest BCUT2D eigenvalue weighted by molar-refractivity contribution is 0.977. The van der Waals surface area contributed by atoms with Gasteiger partial charge in [-0.15, -0.1) is 0 Å². The molecule has 0 aliphatic carbocycles. The fourth-order valence-corrected chi connectivity index (χ4v) is 2.81. The van der Waals surface area contributed by atoms with E-state index in [0.717, 1.165) is 40.9 Å². The zero-order chi connectivity index (χ0) is 14.2. The van der Waals surface area contributed by atoms with Crippen molar-refractivity contribution in [3.8, 4) is 0 Å². The third-order valence-electron chi connectivity index (χ3n) is 2.83. The lowest BCUT2D eigenvalue weighted by Crippen LogP contribution is -2.00. The van der Waals surface area contributed by atoms with Gasteiger partial charge in [0.05, 0.1) is 5.69 Å². The standard InChI is InChI=1S/C16H19ClN2S/c1-2-8-18-15-7-9-19-16(10-15)12-20-11-13-3-5-14(17)6-4-13/h3-7,9-10H,2,8,11-12H2,1H3,(H,18,19). The Morgan fingerprint density at radius 2 is 1.95 bits per heavy atom. The largest absolute Gasteiger partial charge is 0.385 e. The molecule has 4 heteroatoms. The molecule has 1 aromatic carbocycles. The van der Waals surface area contributed by atoms with Gasteiger partial charge >= 0.3 is 0 Å². The molecule has 1 heterocycles. The van der Waals surface area contributed by atoms with Gasteiger partial charge in [0.1, 0.15) is 0 Å². The van der Waals surface area contributed by atoms with Crippen LogP contribution in [-0.4, -0.2) is 11.5 Å². The summed E-state index contributed by atoms with van der Waals surface area (Å²) in [6.45, 7) is 3.17. The Morgan fingerprint density at radius 3 is 2.70 bits per heavy atom. The smallest absolute Gasteiger partial charge is 0.0523 e. The number of nitrogens with zero attached hydrogens (tertiary/aromatic N) is 1. The Labute approximate surface area is 130 Å². The number of benzene rings is 1. The van der Waals surface area contributed by atoms with Crippen molar-refractivity contribution in [1.82, 2.24) is 4.98 Å². The van der Waals surface area contributed by atoms with Crippen LogP contribution in [0.3, 0.4) is 0 Å². The third kappa shape index (κ3) is 5.06. The number of halogens is 1. The van der Waals surface area contributed by atoms with E-state index in [1.54, 1.807) is 0 Å². The molecule has 1 N–H and O–H groups in total. The van der Waals surface area contributed by atoms with Crippen molar-refractivity contribution in [2.45, 2.75) is 24.9 Å². The highest BCUT2D eigenvalue weighted by Gasteiger charge is 1.99. The summed E-state index contributed by atoms with van der Waals surface area (Å²) in [4.78, 5) is 4.41. The molecule has 2 nitrogen and oxygen atoms in total. The summed E-state index contributed by atoms with van der Waals surface area (Å²) in [5, 5.41) is 4.17. The second kappa shape index (κ2) is 8.18. The van der Waals surface area contributed by atoms with Gasteiger partial charge in [0.15, 0.2) is 0 Å². The molecule has 0 unspecified atom stereocenters. The molecule has 2 aromatic rings. The molecule has 0 bridgehead atoms. The van der Waals surface area contributed by atoms with E-state index in [4.69, 9.17) is 11.6 Å². The van der Waals surface area contributed by atoms with Gasteiger partial charge in [0, 0.05) is 35.0 Å². The molecule has 2 rings (SSSR count). The van der Waals surface area contributed by atoms with Crippen molar-refractivity contribution in [2.75, 3.05) is 11.9 Å². The Balaban J connectivity index is 1.82. The molecule has 0 saturated carbocycles. The van der Waals surface area contributed by atoms with Gasteiger partial charge in [-0.25, -0.2) is 0 Å². The number of thioether (sulfide) groups is 1. The number of nitrogens with one attached hydrogen (secondary N) is 1. The maximum Gasteiger partial charge on any atom is 0.0523 e. The molecule has 106 valence electrons. The Morgan fingerprint density at radius 1 is 1.15 bits per heavy atom. The van der Waals surface area contributed by atoms with Crippen LogP contribution in [0.5, 0.6) is 0 Å². The fraction of sp³-hybridized carbons (Fsp3) is 0.312. The molecule has 0 spiro atoms. The lowest BCUT2D eigenvalue weighted by atomic mass is 10.2. The zero-order valence-corrected chi connectivity index (χ0v) is 13.2. The van der Waals surface area contributed by atoms with Crippen LogP contribution in [-0.2, 0) is 11.5 Å². The van der Waals surface area contributed by atoms with Crippen LogP contribution in [0.25, 0.3) is 0 Å². The average Bonchev–Trinajstić information content (AvgIpc) is 2.48. The van der Waals surface area contributed by atoms with Crippen molar-refractivity contribution in [3.05, 3.63) is 58.9 Å². The first-order chi connectivity index (χ1) is 9.78. The minimum Gasteiger partial charge on any atom is -0.385 e. The van der Waals surface area contributed by atoms with Crippen molar-refractivity contribution < 1.29 is 0 Å². The SMILES string of the molecule is CCCNc1ccnc(CSCc2ccc(Cl)cc2)c1. The molecule has 0 saturated heterocycles. The van der Waals surface area contributed by atoms with E-state index in [1.807, 2.05) is 36.2 Å². The number of hydrogen-bond donors (Lipinski definition) is 1. The zero-order valence-electron chi connectivity index (χ0n) is 11.6. The topological polar surface area (TPSA) is 24.9 Å². The maximum absolute atomic E-state index is 5.88. The van der Waals surface area contributed by atoms with Gasteiger partial charge in [-0.2, -0.15) is 11.8 Å². The molecule has 0 radical (unpaired) electrons. The van der Waals surface area contributed by atoms with E-state index in [1.165, 1.54) is 5.56 Å². The van der Waals surface area contributed by atoms with Crippen LogP contribution in [0.2, 0.25) is 5.02 Å². The molecular formula is C16H19ClN2S. The van der Waals surface area contributed by atoms with Crippen molar-refractivity contribution in [2.24, 2.45) is 0 Å². The number of rotatable bonds is 7. The highest BCUT2D eigenvalue weighted by molar-refractivity contribution is 7.97. The Bertz CT molecular complexity index is 528. The second-order valence-corrected chi connectivity index (χ2v) is 6.00. The molecule has 0 fully saturated rings. The van der Waals surface area contributed by atoms with Crippen molar-refractivity contribution >= 4 is 29.1 Å².